The number of aromatic amines is 1. The van der Waals surface area contributed by atoms with Crippen LogP contribution in [0, 0.1) is 0 Å². The van der Waals surface area contributed by atoms with Crippen LogP contribution >= 0.6 is 0 Å². The number of hydrogen-bond donors (Lipinski definition) is 1. The van der Waals surface area contributed by atoms with Gasteiger partial charge in [0.25, 0.3) is 0 Å². The molecule has 1 amide bonds. The second-order valence-corrected chi connectivity index (χ2v) is 6.38. The SMILES string of the molecule is CCc1n[nH]cc1C1CCN(C(=O)OC(C)(C)C)CC1. The third-order valence-electron chi connectivity index (χ3n) is 3.67. The first kappa shape index (κ1) is 14.9. The highest BCUT2D eigenvalue weighted by atomic mass is 16.6. The summed E-state index contributed by atoms with van der Waals surface area (Å²) >= 11 is 0. The normalized spacial score (nSPS) is 17.3. The van der Waals surface area contributed by atoms with Crippen molar-refractivity contribution in [2.24, 2.45) is 0 Å². The van der Waals surface area contributed by atoms with Gasteiger partial charge < -0.3 is 9.64 Å². The molecular formula is C15H25N3O2. The van der Waals surface area contributed by atoms with Gasteiger partial charge in [0, 0.05) is 19.3 Å². The van der Waals surface area contributed by atoms with Crippen molar-refractivity contribution >= 4 is 6.09 Å². The molecule has 112 valence electrons. The molecule has 5 heteroatoms. The van der Waals surface area contributed by atoms with E-state index in [0.29, 0.717) is 5.92 Å². The Morgan fingerprint density at radius 3 is 2.65 bits per heavy atom. The Morgan fingerprint density at radius 2 is 2.10 bits per heavy atom. The molecule has 0 unspecified atom stereocenters. The third-order valence-corrected chi connectivity index (χ3v) is 3.67. The molecule has 1 aromatic heterocycles. The molecule has 20 heavy (non-hydrogen) atoms. The van der Waals surface area contributed by atoms with E-state index < -0.39 is 5.60 Å². The highest BCUT2D eigenvalue weighted by Gasteiger charge is 2.28. The van der Waals surface area contributed by atoms with E-state index in [0.717, 1.165) is 38.0 Å². The number of aromatic nitrogens is 2. The van der Waals surface area contributed by atoms with Gasteiger partial charge in [-0.2, -0.15) is 5.10 Å². The quantitative estimate of drug-likeness (QED) is 0.905. The summed E-state index contributed by atoms with van der Waals surface area (Å²) < 4.78 is 5.42. The standard InChI is InChI=1S/C15H25N3O2/c1-5-13-12(10-16-17-13)11-6-8-18(9-7-11)14(19)20-15(2,3)4/h10-11H,5-9H2,1-4H3,(H,16,17). The lowest BCUT2D eigenvalue weighted by Crippen LogP contribution is -2.41. The minimum absolute atomic E-state index is 0.196. The smallest absolute Gasteiger partial charge is 0.410 e. The van der Waals surface area contributed by atoms with Crippen molar-refractivity contribution in [3.8, 4) is 0 Å². The minimum Gasteiger partial charge on any atom is -0.444 e. The topological polar surface area (TPSA) is 58.2 Å². The molecule has 1 aliphatic rings. The molecule has 5 nitrogen and oxygen atoms in total. The summed E-state index contributed by atoms with van der Waals surface area (Å²) in [4.78, 5) is 13.8. The third kappa shape index (κ3) is 3.52. The Labute approximate surface area is 120 Å². The van der Waals surface area contributed by atoms with Crippen LogP contribution in [-0.2, 0) is 11.2 Å². The summed E-state index contributed by atoms with van der Waals surface area (Å²) in [5, 5.41) is 7.24. The largest absolute Gasteiger partial charge is 0.444 e. The fourth-order valence-electron chi connectivity index (χ4n) is 2.66. The monoisotopic (exact) mass is 279 g/mol. The number of rotatable bonds is 2. The van der Waals surface area contributed by atoms with E-state index in [1.54, 1.807) is 0 Å². The maximum atomic E-state index is 12.0. The summed E-state index contributed by atoms with van der Waals surface area (Å²) in [6, 6.07) is 0. The predicted molar refractivity (Wildman–Crippen MR) is 77.7 cm³/mol. The summed E-state index contributed by atoms with van der Waals surface area (Å²) in [5.74, 6) is 0.502. The first-order chi connectivity index (χ1) is 9.40. The molecule has 0 aliphatic carbocycles. The lowest BCUT2D eigenvalue weighted by atomic mass is 9.89. The van der Waals surface area contributed by atoms with Gasteiger partial charge in [-0.1, -0.05) is 6.92 Å². The zero-order valence-corrected chi connectivity index (χ0v) is 12.9. The molecule has 0 aromatic carbocycles. The van der Waals surface area contributed by atoms with Crippen molar-refractivity contribution in [2.75, 3.05) is 13.1 Å². The van der Waals surface area contributed by atoms with E-state index in [1.165, 1.54) is 5.56 Å². The van der Waals surface area contributed by atoms with Gasteiger partial charge in [0.2, 0.25) is 0 Å². The number of hydrogen-bond acceptors (Lipinski definition) is 3. The second-order valence-electron chi connectivity index (χ2n) is 6.38. The van der Waals surface area contributed by atoms with Gasteiger partial charge in [-0.05, 0) is 51.5 Å². The molecule has 2 heterocycles. The number of carbonyl (C=O) groups is 1. The molecule has 0 atom stereocenters. The average Bonchev–Trinajstić information content (AvgIpc) is 2.85. The Bertz CT molecular complexity index is 454. The van der Waals surface area contributed by atoms with Crippen molar-refractivity contribution in [1.29, 1.82) is 0 Å². The van der Waals surface area contributed by atoms with Gasteiger partial charge in [0.1, 0.15) is 5.60 Å². The van der Waals surface area contributed by atoms with E-state index in [-0.39, 0.29) is 6.09 Å². The molecule has 2 rings (SSSR count). The molecule has 0 spiro atoms. The van der Waals surface area contributed by atoms with Crippen molar-refractivity contribution in [3.63, 3.8) is 0 Å². The number of ether oxygens (including phenoxy) is 1. The lowest BCUT2D eigenvalue weighted by molar-refractivity contribution is 0.0205. The van der Waals surface area contributed by atoms with Gasteiger partial charge >= 0.3 is 6.09 Å². The zero-order chi connectivity index (χ0) is 14.8. The van der Waals surface area contributed by atoms with Crippen LogP contribution in [0.3, 0.4) is 0 Å². The number of nitrogens with zero attached hydrogens (tertiary/aromatic N) is 2. The first-order valence-corrected chi connectivity index (χ1v) is 7.41. The number of aryl methyl sites for hydroxylation is 1. The van der Waals surface area contributed by atoms with Crippen molar-refractivity contribution in [1.82, 2.24) is 15.1 Å². The number of carbonyl (C=O) groups excluding carboxylic acids is 1. The Kier molecular flexibility index (Phi) is 4.35. The molecule has 1 saturated heterocycles. The Morgan fingerprint density at radius 1 is 1.45 bits per heavy atom. The Hall–Kier alpha value is -1.52. The molecule has 1 aromatic rings. The van der Waals surface area contributed by atoms with Gasteiger partial charge in [0.15, 0.2) is 0 Å². The van der Waals surface area contributed by atoms with Crippen LogP contribution in [0.15, 0.2) is 6.20 Å². The van der Waals surface area contributed by atoms with E-state index in [4.69, 9.17) is 4.74 Å². The van der Waals surface area contributed by atoms with Crippen LogP contribution in [0.4, 0.5) is 4.79 Å². The average molecular weight is 279 g/mol. The molecule has 0 saturated carbocycles. The lowest BCUT2D eigenvalue weighted by Gasteiger charge is -2.33. The van der Waals surface area contributed by atoms with E-state index in [2.05, 4.69) is 17.1 Å². The van der Waals surface area contributed by atoms with E-state index in [9.17, 15) is 4.79 Å². The molecule has 0 radical (unpaired) electrons. The number of likely N-dealkylation sites (tertiary alicyclic amines) is 1. The van der Waals surface area contributed by atoms with Crippen molar-refractivity contribution < 1.29 is 9.53 Å². The number of amides is 1. The number of H-pyrrole nitrogens is 1. The maximum Gasteiger partial charge on any atom is 0.410 e. The second kappa shape index (κ2) is 5.85. The first-order valence-electron chi connectivity index (χ1n) is 7.41. The van der Waals surface area contributed by atoms with E-state index in [1.807, 2.05) is 31.9 Å². The van der Waals surface area contributed by atoms with Gasteiger partial charge in [-0.25, -0.2) is 4.79 Å². The van der Waals surface area contributed by atoms with Crippen LogP contribution in [0.1, 0.15) is 57.7 Å². The molecule has 1 aliphatic heterocycles. The minimum atomic E-state index is -0.423. The summed E-state index contributed by atoms with van der Waals surface area (Å²) in [6.45, 7) is 9.33. The van der Waals surface area contributed by atoms with Crippen LogP contribution in [0.25, 0.3) is 0 Å². The highest BCUT2D eigenvalue weighted by molar-refractivity contribution is 5.68. The zero-order valence-electron chi connectivity index (χ0n) is 12.9. The molecule has 0 bridgehead atoms. The fraction of sp³-hybridized carbons (Fsp3) is 0.733. The maximum absolute atomic E-state index is 12.0. The van der Waals surface area contributed by atoms with Gasteiger partial charge in [-0.15, -0.1) is 0 Å². The molecular weight excluding hydrogens is 254 g/mol. The summed E-state index contributed by atoms with van der Waals surface area (Å²) in [6.07, 6.45) is 4.72. The number of nitrogens with one attached hydrogen (secondary N) is 1. The highest BCUT2D eigenvalue weighted by Crippen LogP contribution is 2.30. The van der Waals surface area contributed by atoms with Crippen LogP contribution < -0.4 is 0 Å². The van der Waals surface area contributed by atoms with Crippen LogP contribution in [0.5, 0.6) is 0 Å². The number of piperidine rings is 1. The Balaban J connectivity index is 1.91. The summed E-state index contributed by atoms with van der Waals surface area (Å²) in [5.41, 5.74) is 2.05. The van der Waals surface area contributed by atoms with Crippen molar-refractivity contribution in [2.45, 2.75) is 58.5 Å². The predicted octanol–water partition coefficient (Wildman–Crippen LogP) is 3.09. The summed E-state index contributed by atoms with van der Waals surface area (Å²) in [7, 11) is 0. The van der Waals surface area contributed by atoms with Gasteiger partial charge in [0.05, 0.1) is 5.69 Å². The van der Waals surface area contributed by atoms with Crippen LogP contribution in [0.2, 0.25) is 0 Å². The molecule has 1 N–H and O–H groups in total. The van der Waals surface area contributed by atoms with Crippen LogP contribution in [-0.4, -0.2) is 39.9 Å². The van der Waals surface area contributed by atoms with E-state index >= 15 is 0 Å². The van der Waals surface area contributed by atoms with Crippen molar-refractivity contribution in [3.05, 3.63) is 17.5 Å². The fourth-order valence-corrected chi connectivity index (χ4v) is 2.66. The molecule has 1 fully saturated rings. The van der Waals surface area contributed by atoms with Gasteiger partial charge in [-0.3, -0.25) is 5.10 Å².